The third kappa shape index (κ3) is 4.49. The number of nitrogens with zero attached hydrogens (tertiary/aromatic N) is 2. The van der Waals surface area contributed by atoms with Crippen molar-refractivity contribution in [2.24, 2.45) is 5.73 Å². The van der Waals surface area contributed by atoms with Gasteiger partial charge in [0.2, 0.25) is 5.88 Å². The van der Waals surface area contributed by atoms with Gasteiger partial charge in [0.15, 0.2) is 0 Å². The number of ether oxygens (including phenoxy) is 2. The lowest BCUT2D eigenvalue weighted by Crippen LogP contribution is -2.12. The smallest absolute Gasteiger partial charge is 0.221 e. The number of nitrogens with two attached hydrogens (primary N) is 1. The van der Waals surface area contributed by atoms with E-state index in [0.29, 0.717) is 23.9 Å². The van der Waals surface area contributed by atoms with Gasteiger partial charge in [-0.25, -0.2) is 0 Å². The first-order valence-corrected chi connectivity index (χ1v) is 8.03. The standard InChI is InChI=1S/C20H21N3O2/c1-23(2)19-11-15(14-21)12-20(22-19)25-18-10-6-9-17(13-18)24-16-7-4-3-5-8-16/h3-13H,14,21H2,1-2H3. The van der Waals surface area contributed by atoms with Crippen molar-refractivity contribution >= 4 is 5.82 Å². The van der Waals surface area contributed by atoms with Crippen LogP contribution in [0.3, 0.4) is 0 Å². The fourth-order valence-corrected chi connectivity index (χ4v) is 2.29. The molecule has 3 rings (SSSR count). The van der Waals surface area contributed by atoms with E-state index in [9.17, 15) is 0 Å². The molecule has 0 amide bonds. The largest absolute Gasteiger partial charge is 0.457 e. The van der Waals surface area contributed by atoms with Gasteiger partial charge in [-0.05, 0) is 35.9 Å². The zero-order chi connectivity index (χ0) is 17.6. The van der Waals surface area contributed by atoms with Crippen LogP contribution in [-0.2, 0) is 6.54 Å². The average molecular weight is 335 g/mol. The highest BCUT2D eigenvalue weighted by molar-refractivity contribution is 5.44. The molecule has 128 valence electrons. The summed E-state index contributed by atoms with van der Waals surface area (Å²) in [7, 11) is 3.86. The van der Waals surface area contributed by atoms with E-state index in [1.165, 1.54) is 0 Å². The van der Waals surface area contributed by atoms with Gasteiger partial charge >= 0.3 is 0 Å². The van der Waals surface area contributed by atoms with Gasteiger partial charge in [0.25, 0.3) is 0 Å². The van der Waals surface area contributed by atoms with Gasteiger partial charge in [-0.2, -0.15) is 4.98 Å². The summed E-state index contributed by atoms with van der Waals surface area (Å²) >= 11 is 0. The summed E-state index contributed by atoms with van der Waals surface area (Å²) in [5.41, 5.74) is 6.73. The zero-order valence-corrected chi connectivity index (χ0v) is 14.3. The fraction of sp³-hybridized carbons (Fsp3) is 0.150. The van der Waals surface area contributed by atoms with E-state index in [2.05, 4.69) is 4.98 Å². The summed E-state index contributed by atoms with van der Waals surface area (Å²) in [5.74, 6) is 3.43. The third-order valence-corrected chi connectivity index (χ3v) is 3.55. The molecule has 0 bridgehead atoms. The number of anilines is 1. The first-order valence-electron chi connectivity index (χ1n) is 8.03. The minimum Gasteiger partial charge on any atom is -0.457 e. The highest BCUT2D eigenvalue weighted by atomic mass is 16.5. The van der Waals surface area contributed by atoms with Crippen LogP contribution in [0.2, 0.25) is 0 Å². The maximum atomic E-state index is 5.92. The summed E-state index contributed by atoms with van der Waals surface area (Å²) in [6.45, 7) is 0.427. The molecule has 0 saturated heterocycles. The Morgan fingerprint density at radius 3 is 2.20 bits per heavy atom. The van der Waals surface area contributed by atoms with Crippen molar-refractivity contribution in [3.8, 4) is 23.1 Å². The number of benzene rings is 2. The predicted molar refractivity (Wildman–Crippen MR) is 99.5 cm³/mol. The van der Waals surface area contributed by atoms with Crippen molar-refractivity contribution in [2.45, 2.75) is 6.54 Å². The minimum absolute atomic E-state index is 0.427. The van der Waals surface area contributed by atoms with E-state index < -0.39 is 0 Å². The maximum absolute atomic E-state index is 5.92. The molecule has 0 saturated carbocycles. The number of aromatic nitrogens is 1. The van der Waals surface area contributed by atoms with Gasteiger partial charge < -0.3 is 20.1 Å². The van der Waals surface area contributed by atoms with Crippen LogP contribution in [-0.4, -0.2) is 19.1 Å². The van der Waals surface area contributed by atoms with Crippen molar-refractivity contribution in [3.05, 3.63) is 72.3 Å². The van der Waals surface area contributed by atoms with Crippen LogP contribution >= 0.6 is 0 Å². The second-order valence-electron chi connectivity index (χ2n) is 5.76. The van der Waals surface area contributed by atoms with E-state index in [1.54, 1.807) is 0 Å². The Kier molecular flexibility index (Phi) is 5.16. The van der Waals surface area contributed by atoms with Gasteiger partial charge in [0.1, 0.15) is 23.1 Å². The van der Waals surface area contributed by atoms with Crippen LogP contribution in [0.1, 0.15) is 5.56 Å². The molecule has 1 heterocycles. The zero-order valence-electron chi connectivity index (χ0n) is 14.3. The topological polar surface area (TPSA) is 60.6 Å². The molecule has 0 aliphatic heterocycles. The molecular formula is C20H21N3O2. The summed E-state index contributed by atoms with van der Waals surface area (Å²) in [5, 5.41) is 0. The Bertz CT molecular complexity index is 835. The van der Waals surface area contributed by atoms with Gasteiger partial charge in [0, 0.05) is 32.8 Å². The van der Waals surface area contributed by atoms with Crippen LogP contribution in [0, 0.1) is 0 Å². The van der Waals surface area contributed by atoms with E-state index in [-0.39, 0.29) is 0 Å². The molecule has 1 aromatic heterocycles. The van der Waals surface area contributed by atoms with Gasteiger partial charge in [-0.1, -0.05) is 24.3 Å². The van der Waals surface area contributed by atoms with E-state index in [0.717, 1.165) is 17.1 Å². The molecule has 5 heteroatoms. The Balaban J connectivity index is 1.81. The molecule has 3 aromatic rings. The first-order chi connectivity index (χ1) is 12.1. The molecule has 5 nitrogen and oxygen atoms in total. The predicted octanol–water partition coefficient (Wildman–Crippen LogP) is 4.19. The van der Waals surface area contributed by atoms with Crippen molar-refractivity contribution < 1.29 is 9.47 Å². The lowest BCUT2D eigenvalue weighted by Gasteiger charge is -2.15. The van der Waals surface area contributed by atoms with Crippen molar-refractivity contribution in [2.75, 3.05) is 19.0 Å². The molecule has 0 aliphatic rings. The summed E-state index contributed by atoms with van der Waals surface area (Å²) in [6.07, 6.45) is 0. The lowest BCUT2D eigenvalue weighted by atomic mass is 10.2. The van der Waals surface area contributed by atoms with Crippen LogP contribution < -0.4 is 20.1 Å². The Morgan fingerprint density at radius 2 is 1.52 bits per heavy atom. The van der Waals surface area contributed by atoms with Crippen molar-refractivity contribution in [1.82, 2.24) is 4.98 Å². The van der Waals surface area contributed by atoms with Crippen LogP contribution in [0.25, 0.3) is 0 Å². The second-order valence-corrected chi connectivity index (χ2v) is 5.76. The Hall–Kier alpha value is -3.05. The molecule has 2 aromatic carbocycles. The van der Waals surface area contributed by atoms with E-state index >= 15 is 0 Å². The number of hydrogen-bond donors (Lipinski definition) is 1. The molecule has 0 unspecified atom stereocenters. The molecule has 0 aliphatic carbocycles. The molecule has 0 radical (unpaired) electrons. The van der Waals surface area contributed by atoms with Crippen LogP contribution in [0.5, 0.6) is 23.1 Å². The first kappa shape index (κ1) is 16.8. The molecule has 2 N–H and O–H groups in total. The number of pyridine rings is 1. The Morgan fingerprint density at radius 1 is 0.840 bits per heavy atom. The van der Waals surface area contributed by atoms with Gasteiger partial charge in [0.05, 0.1) is 0 Å². The SMILES string of the molecule is CN(C)c1cc(CN)cc(Oc2cccc(Oc3ccccc3)c2)n1. The number of para-hydroxylation sites is 1. The Labute approximate surface area is 147 Å². The normalized spacial score (nSPS) is 10.4. The van der Waals surface area contributed by atoms with Gasteiger partial charge in [-0.3, -0.25) is 0 Å². The molecule has 25 heavy (non-hydrogen) atoms. The highest BCUT2D eigenvalue weighted by Gasteiger charge is 2.07. The lowest BCUT2D eigenvalue weighted by molar-refractivity contribution is 0.448. The second kappa shape index (κ2) is 7.68. The molecule has 0 atom stereocenters. The van der Waals surface area contributed by atoms with E-state index in [4.69, 9.17) is 15.2 Å². The number of rotatable bonds is 6. The molecular weight excluding hydrogens is 314 g/mol. The fourth-order valence-electron chi connectivity index (χ4n) is 2.29. The van der Waals surface area contributed by atoms with Crippen molar-refractivity contribution in [3.63, 3.8) is 0 Å². The van der Waals surface area contributed by atoms with Gasteiger partial charge in [-0.15, -0.1) is 0 Å². The van der Waals surface area contributed by atoms with Crippen molar-refractivity contribution in [1.29, 1.82) is 0 Å². The molecule has 0 spiro atoms. The van der Waals surface area contributed by atoms with Crippen LogP contribution in [0.4, 0.5) is 5.82 Å². The average Bonchev–Trinajstić information content (AvgIpc) is 2.62. The summed E-state index contributed by atoms with van der Waals surface area (Å²) in [6, 6.07) is 20.9. The quantitative estimate of drug-likeness (QED) is 0.732. The minimum atomic E-state index is 0.427. The summed E-state index contributed by atoms with van der Waals surface area (Å²) in [4.78, 5) is 6.41. The summed E-state index contributed by atoms with van der Waals surface area (Å²) < 4.78 is 11.8. The van der Waals surface area contributed by atoms with Crippen LogP contribution in [0.15, 0.2) is 66.7 Å². The number of hydrogen-bond acceptors (Lipinski definition) is 5. The monoisotopic (exact) mass is 335 g/mol. The molecule has 0 fully saturated rings. The maximum Gasteiger partial charge on any atom is 0.221 e. The third-order valence-electron chi connectivity index (χ3n) is 3.55. The van der Waals surface area contributed by atoms with E-state index in [1.807, 2.05) is 85.7 Å². The highest BCUT2D eigenvalue weighted by Crippen LogP contribution is 2.28.